The average molecular weight is 552 g/mol. The van der Waals surface area contributed by atoms with Gasteiger partial charge >= 0.3 is 5.97 Å². The number of nitrogens with one attached hydrogen (secondary N) is 3. The van der Waals surface area contributed by atoms with E-state index in [1.165, 1.54) is 11.3 Å². The molecule has 0 aromatic heterocycles. The van der Waals surface area contributed by atoms with Gasteiger partial charge in [-0.15, -0.1) is 0 Å². The van der Waals surface area contributed by atoms with Gasteiger partial charge in [0.15, 0.2) is 0 Å². The lowest BCUT2D eigenvalue weighted by Gasteiger charge is -2.26. The molecule has 2 fully saturated rings. The summed E-state index contributed by atoms with van der Waals surface area (Å²) in [7, 11) is 0. The van der Waals surface area contributed by atoms with Crippen LogP contribution in [0.1, 0.15) is 96.8 Å². The Morgan fingerprint density at radius 1 is 0.923 bits per heavy atom. The van der Waals surface area contributed by atoms with Gasteiger partial charge in [-0.3, -0.25) is 24.0 Å². The molecule has 11 nitrogen and oxygen atoms in total. The van der Waals surface area contributed by atoms with Crippen molar-refractivity contribution < 1.29 is 29.1 Å². The number of carbonyl (C=O) groups excluding carboxylic acids is 4. The van der Waals surface area contributed by atoms with Crippen LogP contribution >= 0.6 is 0 Å². The number of hydrogen-bond donors (Lipinski definition) is 5. The smallest absolute Gasteiger partial charge is 0.305 e. The number of carbonyl (C=O) groups is 5. The topological polar surface area (TPSA) is 171 Å². The highest BCUT2D eigenvalue weighted by molar-refractivity contribution is 5.94. The van der Waals surface area contributed by atoms with E-state index >= 15 is 0 Å². The number of likely N-dealkylation sites (N-methyl/N-ethyl adjacent to an activating group) is 1. The highest BCUT2D eigenvalue weighted by Crippen LogP contribution is 2.26. The maximum absolute atomic E-state index is 13.0. The number of nitrogens with zero attached hydrogens (tertiary/aromatic N) is 1. The van der Waals surface area contributed by atoms with E-state index in [1.807, 2.05) is 0 Å². The number of aliphatic carboxylic acids is 1. The molecule has 222 valence electrons. The maximum atomic E-state index is 13.0. The molecule has 1 aliphatic heterocycles. The number of rotatable bonds is 15. The van der Waals surface area contributed by atoms with Crippen molar-refractivity contribution in [2.24, 2.45) is 17.6 Å². The third-order valence-electron chi connectivity index (χ3n) is 8.01. The number of carboxylic acids is 1. The monoisotopic (exact) mass is 551 g/mol. The van der Waals surface area contributed by atoms with E-state index in [1.54, 1.807) is 6.92 Å². The number of nitrogens with two attached hydrogens (primary N) is 1. The molecule has 0 bridgehead atoms. The van der Waals surface area contributed by atoms with Gasteiger partial charge in [0.25, 0.3) is 0 Å². The molecule has 0 aromatic rings. The molecule has 6 N–H and O–H groups in total. The van der Waals surface area contributed by atoms with Crippen LogP contribution in [0.2, 0.25) is 0 Å². The highest BCUT2D eigenvalue weighted by Gasteiger charge is 2.30. The van der Waals surface area contributed by atoms with Gasteiger partial charge in [0.05, 0.1) is 13.0 Å². The number of primary amides is 1. The van der Waals surface area contributed by atoms with E-state index in [0.717, 1.165) is 77.3 Å². The molecule has 11 heteroatoms. The van der Waals surface area contributed by atoms with Crippen molar-refractivity contribution in [3.8, 4) is 0 Å². The van der Waals surface area contributed by atoms with Crippen LogP contribution < -0.4 is 21.7 Å². The molecule has 1 aliphatic carbocycles. The second-order valence-corrected chi connectivity index (χ2v) is 11.1. The third-order valence-corrected chi connectivity index (χ3v) is 8.01. The van der Waals surface area contributed by atoms with E-state index in [9.17, 15) is 29.1 Å². The first-order chi connectivity index (χ1) is 18.7. The van der Waals surface area contributed by atoms with Crippen molar-refractivity contribution in [2.75, 3.05) is 26.2 Å². The van der Waals surface area contributed by atoms with Crippen molar-refractivity contribution >= 4 is 29.6 Å². The van der Waals surface area contributed by atoms with Gasteiger partial charge in [-0.25, -0.2) is 0 Å². The first-order valence-electron chi connectivity index (χ1n) is 14.8. The van der Waals surface area contributed by atoms with Crippen LogP contribution in [0.5, 0.6) is 0 Å². The highest BCUT2D eigenvalue weighted by atomic mass is 16.4. The minimum absolute atomic E-state index is 0.145. The van der Waals surface area contributed by atoms with Crippen LogP contribution in [0.4, 0.5) is 0 Å². The van der Waals surface area contributed by atoms with E-state index in [0.29, 0.717) is 25.3 Å². The molecular weight excluding hydrogens is 502 g/mol. The molecule has 39 heavy (non-hydrogen) atoms. The van der Waals surface area contributed by atoms with Crippen molar-refractivity contribution in [3.05, 3.63) is 0 Å². The number of carboxylic acid groups (broad SMARTS) is 1. The predicted molar refractivity (Wildman–Crippen MR) is 147 cm³/mol. The molecule has 2 aliphatic rings. The zero-order valence-corrected chi connectivity index (χ0v) is 23.6. The Kier molecular flexibility index (Phi) is 14.9. The lowest BCUT2D eigenvalue weighted by molar-refractivity contribution is -0.142. The summed E-state index contributed by atoms with van der Waals surface area (Å²) in [4.78, 5) is 63.5. The standard InChI is InChI=1S/C28H49N5O6/c1-2-33(25(35)12-8-11-20-13-15-30-16-14-20)19-24(34)31-23(18-26(36)37)28(39)32-22(27(29)38)17-21-9-6-4-3-5-7-10-21/h20-23,30H,2-19H2,1H3,(H2,29,38)(H,31,34)(H,32,39)(H,36,37). The Hall–Kier alpha value is -2.69. The van der Waals surface area contributed by atoms with Crippen LogP contribution in [-0.4, -0.2) is 77.9 Å². The molecule has 2 atom stereocenters. The molecule has 2 unspecified atom stereocenters. The van der Waals surface area contributed by atoms with Gasteiger partial charge < -0.3 is 31.7 Å². The molecule has 4 amide bonds. The molecule has 2 rings (SSSR count). The van der Waals surface area contributed by atoms with Gasteiger partial charge in [-0.2, -0.15) is 0 Å². The lowest BCUT2D eigenvalue weighted by atomic mass is 9.86. The largest absolute Gasteiger partial charge is 0.481 e. The fourth-order valence-corrected chi connectivity index (χ4v) is 5.67. The second-order valence-electron chi connectivity index (χ2n) is 11.1. The predicted octanol–water partition coefficient (Wildman–Crippen LogP) is 1.69. The minimum atomic E-state index is -1.39. The van der Waals surface area contributed by atoms with Crippen molar-refractivity contribution in [1.82, 2.24) is 20.9 Å². The summed E-state index contributed by atoms with van der Waals surface area (Å²) in [5.74, 6) is -2.63. The van der Waals surface area contributed by atoms with Crippen molar-refractivity contribution in [3.63, 3.8) is 0 Å². The van der Waals surface area contributed by atoms with Crippen molar-refractivity contribution in [1.29, 1.82) is 0 Å². The Bertz CT molecular complexity index is 808. The molecular formula is C28H49N5O6. The van der Waals surface area contributed by atoms with E-state index in [4.69, 9.17) is 5.73 Å². The van der Waals surface area contributed by atoms with Gasteiger partial charge in [0.2, 0.25) is 23.6 Å². The van der Waals surface area contributed by atoms with Crippen LogP contribution in [0.15, 0.2) is 0 Å². The molecule has 0 spiro atoms. The Morgan fingerprint density at radius 3 is 2.15 bits per heavy atom. The summed E-state index contributed by atoms with van der Waals surface area (Å²) < 4.78 is 0. The summed E-state index contributed by atoms with van der Waals surface area (Å²) in [6, 6.07) is -2.33. The van der Waals surface area contributed by atoms with Gasteiger partial charge in [-0.1, -0.05) is 44.9 Å². The summed E-state index contributed by atoms with van der Waals surface area (Å²) in [5.41, 5.74) is 5.57. The van der Waals surface area contributed by atoms with Crippen LogP contribution in [0, 0.1) is 11.8 Å². The lowest BCUT2D eigenvalue weighted by Crippen LogP contribution is -2.55. The summed E-state index contributed by atoms with van der Waals surface area (Å²) in [6.45, 7) is 3.83. The Labute approximate surface area is 232 Å². The maximum Gasteiger partial charge on any atom is 0.305 e. The zero-order valence-electron chi connectivity index (χ0n) is 23.6. The van der Waals surface area contributed by atoms with Crippen molar-refractivity contribution in [2.45, 2.75) is 109 Å². The molecule has 1 heterocycles. The van der Waals surface area contributed by atoms with E-state index in [2.05, 4.69) is 16.0 Å². The molecule has 1 saturated carbocycles. The number of piperidine rings is 1. The minimum Gasteiger partial charge on any atom is -0.481 e. The SMILES string of the molecule is CCN(CC(=O)NC(CC(=O)O)C(=O)NC(CC1CCCCCCC1)C(N)=O)C(=O)CCCC1CCNCC1. The summed E-state index contributed by atoms with van der Waals surface area (Å²) in [5, 5.41) is 17.7. The number of amides is 4. The van der Waals surface area contributed by atoms with Gasteiger partial charge in [0.1, 0.15) is 12.1 Å². The summed E-state index contributed by atoms with van der Waals surface area (Å²) in [6.07, 6.45) is 11.5. The molecule has 0 aromatic carbocycles. The van der Waals surface area contributed by atoms with Crippen LogP contribution in [0.25, 0.3) is 0 Å². The molecule has 1 saturated heterocycles. The normalized spacial score (nSPS) is 18.7. The second kappa shape index (κ2) is 17.8. The van der Waals surface area contributed by atoms with E-state index < -0.39 is 42.2 Å². The molecule has 0 radical (unpaired) electrons. The fourth-order valence-electron chi connectivity index (χ4n) is 5.67. The number of hydrogen-bond acceptors (Lipinski definition) is 6. The first kappa shape index (κ1) is 32.5. The average Bonchev–Trinajstić information content (AvgIpc) is 2.87. The van der Waals surface area contributed by atoms with E-state index in [-0.39, 0.29) is 18.4 Å². The summed E-state index contributed by atoms with van der Waals surface area (Å²) >= 11 is 0. The van der Waals surface area contributed by atoms with Gasteiger partial charge in [-0.05, 0) is 64.0 Å². The Morgan fingerprint density at radius 2 is 1.56 bits per heavy atom. The first-order valence-corrected chi connectivity index (χ1v) is 14.8. The van der Waals surface area contributed by atoms with Crippen LogP contribution in [0.3, 0.4) is 0 Å². The fraction of sp³-hybridized carbons (Fsp3) is 0.821. The quantitative estimate of drug-likeness (QED) is 0.206. The van der Waals surface area contributed by atoms with Crippen LogP contribution in [-0.2, 0) is 24.0 Å². The Balaban J connectivity index is 1.90. The van der Waals surface area contributed by atoms with Gasteiger partial charge in [0, 0.05) is 13.0 Å². The zero-order chi connectivity index (χ0) is 28.6. The third kappa shape index (κ3) is 12.8.